The lowest BCUT2D eigenvalue weighted by Gasteiger charge is -2.32. The number of para-hydroxylation sites is 8. The molecular formula is C78H84N10+4. The van der Waals surface area contributed by atoms with Crippen LogP contribution in [-0.2, 0) is 49.6 Å². The summed E-state index contributed by atoms with van der Waals surface area (Å²) in [6, 6.07) is 63.9. The van der Waals surface area contributed by atoms with Gasteiger partial charge >= 0.3 is 0 Å². The number of benzene rings is 9. The van der Waals surface area contributed by atoms with Crippen molar-refractivity contribution >= 4 is 78.3 Å². The Morgan fingerprint density at radius 3 is 0.977 bits per heavy atom. The second kappa shape index (κ2) is 21.1. The van der Waals surface area contributed by atoms with Crippen LogP contribution in [0.1, 0.15) is 122 Å². The molecule has 0 N–H and O–H groups in total. The Bertz CT molecular complexity index is 4690. The van der Waals surface area contributed by atoms with Crippen LogP contribution in [0.5, 0.6) is 0 Å². The maximum atomic E-state index is 8.68. The highest BCUT2D eigenvalue weighted by Gasteiger charge is 2.30. The van der Waals surface area contributed by atoms with Crippen LogP contribution in [-0.4, -0.2) is 18.3 Å². The predicted molar refractivity (Wildman–Crippen MR) is 363 cm³/mol. The van der Waals surface area contributed by atoms with Crippen LogP contribution >= 0.6 is 0 Å². The van der Waals surface area contributed by atoms with E-state index in [9.17, 15) is 0 Å². The van der Waals surface area contributed by atoms with Gasteiger partial charge in [0, 0.05) is 35.6 Å². The summed E-state index contributed by atoms with van der Waals surface area (Å²) < 4.78 is 117. The van der Waals surface area contributed by atoms with Gasteiger partial charge in [0.05, 0.1) is 67.1 Å². The SMILES string of the molecule is [2H]C([2H])([2H])n1c[n+](-c2cc(N(c3ccc(N(c4cc(-n5c[n+](C([2H])([2H])[2H])c6ccccc65)cc(C(C)(C)C)c4)c4cc(-n5c[n+](C([2H])([2H])[2H])c6ccccc65)cc(C(C)(C)C)c4)cc3)c3cc(-[n+]4cn(C([2H])([2H])[2H])c5ccccc54)cc(C(C)(C)C)c3)cc(C(C)(C)C)c2)c2ccccc21. The minimum absolute atomic E-state index is 0.435. The molecule has 0 radical (unpaired) electrons. The summed E-state index contributed by atoms with van der Waals surface area (Å²) in [5.41, 5.74) is 14.5. The van der Waals surface area contributed by atoms with Gasteiger partial charge in [-0.05, 0) is 165 Å². The van der Waals surface area contributed by atoms with Crippen molar-refractivity contribution in [1.29, 1.82) is 0 Å². The van der Waals surface area contributed by atoms with E-state index in [0.717, 1.165) is 79.1 Å². The van der Waals surface area contributed by atoms with Gasteiger partial charge in [0.25, 0.3) is 0 Å². The van der Waals surface area contributed by atoms with Gasteiger partial charge in [-0.1, -0.05) is 132 Å². The quantitative estimate of drug-likeness (QED) is 0.128. The van der Waals surface area contributed by atoms with Crippen LogP contribution in [0.3, 0.4) is 0 Å². The highest BCUT2D eigenvalue weighted by atomic mass is 15.2. The fourth-order valence-electron chi connectivity index (χ4n) is 12.1. The van der Waals surface area contributed by atoms with E-state index in [2.05, 4.69) is 190 Å². The Kier molecular flexibility index (Phi) is 10.8. The Hall–Kier alpha value is -9.54. The van der Waals surface area contributed by atoms with Crippen molar-refractivity contribution < 1.29 is 34.7 Å². The maximum Gasteiger partial charge on any atom is 0.249 e. The maximum absolute atomic E-state index is 8.68. The average molecular weight is 1170 g/mol. The summed E-state index contributed by atoms with van der Waals surface area (Å²) in [5.74, 6) is 0. The second-order valence-corrected chi connectivity index (χ2v) is 27.5. The molecule has 10 nitrogen and oxygen atoms in total. The lowest BCUT2D eigenvalue weighted by Crippen LogP contribution is -2.31. The van der Waals surface area contributed by atoms with E-state index in [-0.39, 0.29) is 0 Å². The molecule has 0 unspecified atom stereocenters. The molecule has 0 aliphatic carbocycles. The molecule has 0 spiro atoms. The van der Waals surface area contributed by atoms with Crippen molar-refractivity contribution in [3.05, 3.63) is 242 Å². The molecule has 13 rings (SSSR count). The summed E-state index contributed by atoms with van der Waals surface area (Å²) in [4.78, 5) is 4.42. The first kappa shape index (κ1) is 44.8. The number of hydrogen-bond acceptors (Lipinski definition) is 2. The number of hydrogen-bond donors (Lipinski definition) is 0. The van der Waals surface area contributed by atoms with Crippen LogP contribution in [0.25, 0.3) is 66.9 Å². The molecule has 0 aliphatic heterocycles. The molecule has 0 saturated heterocycles. The molecule has 0 atom stereocenters. The molecule has 4 heterocycles. The van der Waals surface area contributed by atoms with Crippen molar-refractivity contribution in [3.8, 4) is 22.7 Å². The normalized spacial score (nSPS) is 15.1. The molecule has 0 saturated carbocycles. The third-order valence-corrected chi connectivity index (χ3v) is 17.1. The number of fused-ring (bicyclic) bond motifs is 4. The molecule has 442 valence electrons. The highest BCUT2D eigenvalue weighted by Crippen LogP contribution is 2.45. The predicted octanol–water partition coefficient (Wildman–Crippen LogP) is 16.9. The van der Waals surface area contributed by atoms with E-state index in [1.807, 2.05) is 115 Å². The zero-order valence-electron chi connectivity index (χ0n) is 64.3. The topological polar surface area (TPSA) is 41.7 Å². The van der Waals surface area contributed by atoms with Crippen LogP contribution in [0.2, 0.25) is 0 Å². The van der Waals surface area contributed by atoms with Crippen LogP contribution < -0.4 is 28.1 Å². The second-order valence-electron chi connectivity index (χ2n) is 27.5. The smallest absolute Gasteiger partial charge is 0.249 e. The number of aromatic nitrogens is 8. The third kappa shape index (κ3) is 10.4. The fourth-order valence-corrected chi connectivity index (χ4v) is 12.1. The Morgan fingerprint density at radius 1 is 0.318 bits per heavy atom. The molecule has 88 heavy (non-hydrogen) atoms. The van der Waals surface area contributed by atoms with E-state index in [1.165, 1.54) is 18.3 Å². The monoisotopic (exact) mass is 1170 g/mol. The Morgan fingerprint density at radius 2 is 0.636 bits per heavy atom. The van der Waals surface area contributed by atoms with Gasteiger partial charge in [-0.3, -0.25) is 0 Å². The molecule has 10 heteroatoms. The lowest BCUT2D eigenvalue weighted by molar-refractivity contribution is -0.645. The van der Waals surface area contributed by atoms with Gasteiger partial charge < -0.3 is 9.80 Å². The largest absolute Gasteiger partial charge is 0.310 e. The zero-order valence-corrected chi connectivity index (χ0v) is 52.3. The summed E-state index contributed by atoms with van der Waals surface area (Å²) >= 11 is 0. The summed E-state index contributed by atoms with van der Waals surface area (Å²) in [6.07, 6.45) is 6.61. The molecular weight excluding hydrogens is 1080 g/mol. The first-order valence-corrected chi connectivity index (χ1v) is 30.0. The zero-order chi connectivity index (χ0) is 71.9. The average Bonchev–Trinajstić information content (AvgIpc) is 1.39. The minimum Gasteiger partial charge on any atom is -0.310 e. The Balaban J connectivity index is 1.11. The first-order valence-electron chi connectivity index (χ1n) is 36.0. The number of rotatable bonds is 10. The summed E-state index contributed by atoms with van der Waals surface area (Å²) in [5, 5.41) is 0. The van der Waals surface area contributed by atoms with Crippen molar-refractivity contribution in [2.45, 2.75) is 105 Å². The minimum atomic E-state index is -2.50. The van der Waals surface area contributed by atoms with Crippen LogP contribution in [0.15, 0.2) is 219 Å². The van der Waals surface area contributed by atoms with Crippen molar-refractivity contribution in [3.63, 3.8) is 0 Å². The van der Waals surface area contributed by atoms with Gasteiger partial charge in [-0.15, -0.1) is 0 Å². The molecule has 4 aromatic heterocycles. The molecule has 0 bridgehead atoms. The van der Waals surface area contributed by atoms with Gasteiger partial charge in [0.15, 0.2) is 44.1 Å². The fraction of sp³-hybridized carbons (Fsp3) is 0.256. The van der Waals surface area contributed by atoms with E-state index < -0.39 is 49.6 Å². The van der Waals surface area contributed by atoms with Crippen molar-refractivity contribution in [1.82, 2.24) is 18.3 Å². The lowest BCUT2D eigenvalue weighted by atomic mass is 9.85. The standard InChI is InChI=1S/C78H84N10/c1-75(2,3)53-37-59(83-49-79(13)67-25-17-21-29-71(67)83)45-63(41-53)87(64-42-54(76(4,5)6)38-60(46-64)84-50-80(14)68-26-18-22-30-72(68)84)57-33-35-58(36-34-57)88(65-43-55(77(7,8)9)39-61(47-65)85-51-81(15)69-27-19-23-31-73(69)85)66-44-56(78(10,11)12)40-62(48-66)86-52-82(16)70-28-20-24-32-74(70)86/h17-52H,1-16H3/q+4/i13D3,14D3,15D3,16D3. The Labute approximate surface area is 536 Å². The van der Waals surface area contributed by atoms with Gasteiger partial charge in [-0.2, -0.15) is 18.3 Å². The first-order chi connectivity index (χ1) is 46.6. The van der Waals surface area contributed by atoms with E-state index in [4.69, 9.17) is 16.4 Å². The molecule has 0 fully saturated rings. The number of imidazole rings is 4. The van der Waals surface area contributed by atoms with E-state index >= 15 is 0 Å². The molecule has 0 amide bonds. The highest BCUT2D eigenvalue weighted by molar-refractivity contribution is 5.86. The number of aryl methyl sites for hydroxylation is 4. The number of anilines is 6. The van der Waals surface area contributed by atoms with Gasteiger partial charge in [0.2, 0.25) is 25.3 Å². The van der Waals surface area contributed by atoms with E-state index in [1.54, 1.807) is 25.3 Å². The molecule has 9 aromatic carbocycles. The summed E-state index contributed by atoms with van der Waals surface area (Å²) in [6.45, 7) is 15.9. The van der Waals surface area contributed by atoms with Gasteiger partial charge in [-0.25, -0.2) is 18.3 Å². The summed E-state index contributed by atoms with van der Waals surface area (Å²) in [7, 11) is 0. The number of nitrogens with zero attached hydrogens (tertiary/aromatic N) is 10. The van der Waals surface area contributed by atoms with Crippen LogP contribution in [0, 0.1) is 0 Å². The molecule has 0 aliphatic rings. The van der Waals surface area contributed by atoms with Crippen LogP contribution in [0.4, 0.5) is 34.1 Å². The van der Waals surface area contributed by atoms with Crippen molar-refractivity contribution in [2.24, 2.45) is 27.9 Å². The third-order valence-electron chi connectivity index (χ3n) is 17.1. The van der Waals surface area contributed by atoms with Crippen molar-refractivity contribution in [2.75, 3.05) is 9.80 Å². The molecule has 13 aromatic rings. The van der Waals surface area contributed by atoms with Gasteiger partial charge in [0.1, 0.15) is 22.7 Å². The van der Waals surface area contributed by atoms with E-state index in [0.29, 0.717) is 44.1 Å².